The Labute approximate surface area is 426 Å². The van der Waals surface area contributed by atoms with Gasteiger partial charge in [-0.25, -0.2) is 0 Å². The third-order valence-corrected chi connectivity index (χ3v) is 13.6. The van der Waals surface area contributed by atoms with E-state index in [0.717, 1.165) is 20.8 Å². The average molecular weight is 1100 g/mol. The summed E-state index contributed by atoms with van der Waals surface area (Å²) in [6.45, 7) is -0.0887. The molecule has 6 aliphatic heterocycles. The van der Waals surface area contributed by atoms with Crippen LogP contribution in [-0.2, 0) is 66.5 Å². The van der Waals surface area contributed by atoms with Gasteiger partial charge in [-0.05, 0) is 6.92 Å². The lowest BCUT2D eigenvalue weighted by Gasteiger charge is -2.49. The lowest BCUT2D eigenvalue weighted by atomic mass is 9.94. The molecule has 6 rings (SSSR count). The molecule has 6 aliphatic rings. The predicted octanol–water partition coefficient (Wildman–Crippen LogP) is -12.6. The summed E-state index contributed by atoms with van der Waals surface area (Å²) in [5.74, 6) is -2.31. The van der Waals surface area contributed by atoms with Crippen LogP contribution >= 0.6 is 0 Å². The molecule has 0 radical (unpaired) electrons. The molecule has 19 N–H and O–H groups in total. The summed E-state index contributed by atoms with van der Waals surface area (Å²) in [4.78, 5) is 36.9. The highest BCUT2D eigenvalue weighted by Crippen LogP contribution is 2.36. The van der Waals surface area contributed by atoms with Crippen LogP contribution in [-0.4, -0.2) is 317 Å². The summed E-state index contributed by atoms with van der Waals surface area (Å²) in [6, 6.07) is -4.85. The highest BCUT2D eigenvalue weighted by Gasteiger charge is 2.57. The second-order valence-corrected chi connectivity index (χ2v) is 19.0. The zero-order chi connectivity index (χ0) is 55.5. The lowest BCUT2D eigenvalue weighted by Crippen LogP contribution is -2.70. The first-order chi connectivity index (χ1) is 35.4. The molecule has 6 fully saturated rings. The number of amides is 3. The van der Waals surface area contributed by atoms with Gasteiger partial charge in [-0.15, -0.1) is 0 Å². The zero-order valence-corrected chi connectivity index (χ0v) is 40.7. The van der Waals surface area contributed by atoms with Crippen molar-refractivity contribution >= 4 is 17.7 Å². The van der Waals surface area contributed by atoms with Gasteiger partial charge >= 0.3 is 0 Å². The fraction of sp³-hybridized carbons (Fsp3) is 0.929. The first kappa shape index (κ1) is 61.5. The molecule has 6 saturated heterocycles. The van der Waals surface area contributed by atoms with Gasteiger partial charge in [-0.2, -0.15) is 0 Å². The molecule has 3 amide bonds. The summed E-state index contributed by atoms with van der Waals surface area (Å²) in [6.07, 6.45) is -48.8. The summed E-state index contributed by atoms with van der Waals surface area (Å²) >= 11 is 0. The third kappa shape index (κ3) is 13.7. The van der Waals surface area contributed by atoms with Gasteiger partial charge in [0.1, 0.15) is 140 Å². The van der Waals surface area contributed by atoms with Crippen molar-refractivity contribution in [3.05, 3.63) is 0 Å². The number of carbonyl (C=O) groups is 3. The summed E-state index contributed by atoms with van der Waals surface area (Å²) in [7, 11) is 0. The minimum Gasteiger partial charge on any atom is -0.394 e. The van der Waals surface area contributed by atoms with Gasteiger partial charge in [-0.3, -0.25) is 14.4 Å². The van der Waals surface area contributed by atoms with Gasteiger partial charge < -0.3 is 150 Å². The summed E-state index contributed by atoms with van der Waals surface area (Å²) in [5, 5.41) is 179. The lowest BCUT2D eigenvalue weighted by molar-refractivity contribution is -0.381. The summed E-state index contributed by atoms with van der Waals surface area (Å²) < 4.78 is 63.3. The number of nitrogens with one attached hydrogen (secondary N) is 3. The van der Waals surface area contributed by atoms with Crippen molar-refractivity contribution in [2.75, 3.05) is 33.0 Å². The molecule has 75 heavy (non-hydrogen) atoms. The van der Waals surface area contributed by atoms with E-state index in [1.165, 1.54) is 6.92 Å². The minimum atomic E-state index is -2.13. The third-order valence-electron chi connectivity index (χ3n) is 13.6. The van der Waals surface area contributed by atoms with Crippen molar-refractivity contribution in [3.8, 4) is 0 Å². The molecule has 0 saturated carbocycles. The van der Waals surface area contributed by atoms with Crippen molar-refractivity contribution < 1.29 is 148 Å². The maximum absolute atomic E-state index is 12.5. The van der Waals surface area contributed by atoms with Gasteiger partial charge in [0.2, 0.25) is 17.7 Å². The fourth-order valence-corrected chi connectivity index (χ4v) is 9.55. The van der Waals surface area contributed by atoms with Crippen molar-refractivity contribution in [3.63, 3.8) is 0 Å². The maximum Gasteiger partial charge on any atom is 0.217 e. The molecule has 30 atom stereocenters. The normalized spacial score (nSPS) is 48.6. The molecule has 0 aromatic heterocycles. The van der Waals surface area contributed by atoms with Crippen LogP contribution in [0.3, 0.4) is 0 Å². The molecule has 33 nitrogen and oxygen atoms in total. The fourth-order valence-electron chi connectivity index (χ4n) is 9.55. The molecule has 6 heterocycles. The first-order valence-corrected chi connectivity index (χ1v) is 23.9. The minimum absolute atomic E-state index is 0.714. The Kier molecular flexibility index (Phi) is 21.8. The molecule has 0 unspecified atom stereocenters. The van der Waals surface area contributed by atoms with Gasteiger partial charge in [0.15, 0.2) is 37.7 Å². The van der Waals surface area contributed by atoms with Gasteiger partial charge in [-0.1, -0.05) is 0 Å². The van der Waals surface area contributed by atoms with Crippen molar-refractivity contribution in [2.24, 2.45) is 0 Å². The Morgan fingerprint density at radius 2 is 0.787 bits per heavy atom. The zero-order valence-electron chi connectivity index (χ0n) is 40.7. The molecule has 0 aliphatic carbocycles. The van der Waals surface area contributed by atoms with Crippen LogP contribution in [0.5, 0.6) is 0 Å². The van der Waals surface area contributed by atoms with Crippen LogP contribution in [0.2, 0.25) is 0 Å². The number of hydrogen-bond donors (Lipinski definition) is 19. The van der Waals surface area contributed by atoms with E-state index in [-0.39, 0.29) is 0 Å². The number of rotatable bonds is 18. The maximum atomic E-state index is 12.5. The van der Waals surface area contributed by atoms with Crippen molar-refractivity contribution in [1.82, 2.24) is 16.0 Å². The highest BCUT2D eigenvalue weighted by molar-refractivity contribution is 5.74. The van der Waals surface area contributed by atoms with E-state index in [1.54, 1.807) is 0 Å². The van der Waals surface area contributed by atoms with E-state index >= 15 is 0 Å². The standard InChI is InChI=1S/C42H71N3O30/c1-10-22(53)28(59)31(62)40(66-10)75-36-29(60)24(55)15(6-47)69-42(36)74-35-21(45-13(4)52)37(64)67-18(25(35)56)9-65-38-20(44-12(3)51)27(58)33(16(7-48)70-38)73-41-32(63)30(61)34(17(8-49)71-41)72-39-19(43-11(2)50)26(57)23(54)14(5-46)68-39/h10,14-42,46-49,53-64H,5-9H2,1-4H3,(H,43,50)(H,44,51)(H,45,52)/t10-,14+,15+,16+,17+,18+,19+,20+,21+,22+,23+,24-,25-,26+,27+,28+,29-,30+,31-,32+,33+,34-,35+,36+,37-,38+,39-,40-,41-,42-/m0/s1. The average Bonchev–Trinajstić information content (AvgIpc) is 3.36. The quantitative estimate of drug-likeness (QED) is 0.0606. The van der Waals surface area contributed by atoms with Crippen LogP contribution in [0.25, 0.3) is 0 Å². The van der Waals surface area contributed by atoms with Crippen molar-refractivity contribution in [1.29, 1.82) is 0 Å². The van der Waals surface area contributed by atoms with E-state index in [9.17, 15) is 96.1 Å². The molecule has 33 heteroatoms. The largest absolute Gasteiger partial charge is 0.394 e. The SMILES string of the molecule is CC(=O)N[C@@H]1[C@@H](O[C@@H]2O[C@H](CO)[C@H](O)[C@H](O)[C@H]2O[C@@H]2O[C@@H](C)[C@@H](O)[C@@H](O)[C@@H]2O)[C@@H](O)[C@@H](CO[C@@H]2O[C@H](CO)[C@@H](O[C@@H]3O[C@H](CO)[C@H](O[C@@H]4O[C@H](CO)[C@@H](O)[C@H](O)[C@H]4NC(C)=O)[C@H](O)[C@H]3O)[C@H](O)[C@H]2NC(C)=O)O[C@@H]1O. The summed E-state index contributed by atoms with van der Waals surface area (Å²) in [5.41, 5.74) is 0. The van der Waals surface area contributed by atoms with Crippen LogP contribution in [0.1, 0.15) is 27.7 Å². The van der Waals surface area contributed by atoms with Crippen molar-refractivity contribution in [2.45, 2.75) is 212 Å². The van der Waals surface area contributed by atoms with E-state index in [2.05, 4.69) is 16.0 Å². The Bertz CT molecular complexity index is 1850. The van der Waals surface area contributed by atoms with E-state index in [4.69, 9.17) is 52.1 Å². The second-order valence-electron chi connectivity index (χ2n) is 19.0. The molecular weight excluding hydrogens is 1030 g/mol. The molecule has 0 spiro atoms. The highest BCUT2D eigenvalue weighted by atomic mass is 16.8. The molecule has 0 bridgehead atoms. The number of carbonyl (C=O) groups excluding carboxylic acids is 3. The van der Waals surface area contributed by atoms with Crippen LogP contribution < -0.4 is 16.0 Å². The Hall–Kier alpha value is -2.67. The molecule has 434 valence electrons. The molecule has 0 aromatic carbocycles. The number of aliphatic hydroxyl groups excluding tert-OH is 16. The number of aliphatic hydroxyl groups is 16. The van der Waals surface area contributed by atoms with E-state index in [0.29, 0.717) is 0 Å². The molecule has 0 aromatic rings. The Balaban J connectivity index is 1.18. The number of ether oxygens (including phenoxy) is 11. The molecular formula is C42H71N3O30. The van der Waals surface area contributed by atoms with E-state index < -0.39 is 235 Å². The Morgan fingerprint density at radius 1 is 0.373 bits per heavy atom. The van der Waals surface area contributed by atoms with E-state index in [1.807, 2.05) is 0 Å². The second kappa shape index (κ2) is 26.5. The predicted molar refractivity (Wildman–Crippen MR) is 233 cm³/mol. The van der Waals surface area contributed by atoms with Gasteiger partial charge in [0.25, 0.3) is 0 Å². The van der Waals surface area contributed by atoms with Gasteiger partial charge in [0.05, 0.1) is 39.1 Å². The van der Waals surface area contributed by atoms with Crippen LogP contribution in [0, 0.1) is 0 Å². The van der Waals surface area contributed by atoms with Crippen LogP contribution in [0.15, 0.2) is 0 Å². The Morgan fingerprint density at radius 3 is 1.35 bits per heavy atom. The number of hydrogen-bond acceptors (Lipinski definition) is 30. The smallest absolute Gasteiger partial charge is 0.217 e. The monoisotopic (exact) mass is 1100 g/mol. The van der Waals surface area contributed by atoms with Crippen LogP contribution in [0.4, 0.5) is 0 Å². The van der Waals surface area contributed by atoms with Gasteiger partial charge in [0, 0.05) is 20.8 Å². The first-order valence-electron chi connectivity index (χ1n) is 23.9. The topological polar surface area (TPSA) is 513 Å².